The number of amidine groups is 1. The third kappa shape index (κ3) is 2.42. The molecule has 2 rings (SSSR count). The molecule has 1 aromatic heterocycles. The summed E-state index contributed by atoms with van der Waals surface area (Å²) in [5.41, 5.74) is 4.61. The van der Waals surface area contributed by atoms with Gasteiger partial charge in [-0.05, 0) is 18.6 Å². The van der Waals surface area contributed by atoms with Gasteiger partial charge >= 0.3 is 0 Å². The van der Waals surface area contributed by atoms with E-state index < -0.39 is 0 Å². The lowest BCUT2D eigenvalue weighted by atomic mass is 10.1. The molecule has 0 saturated carbocycles. The van der Waals surface area contributed by atoms with E-state index in [0.29, 0.717) is 5.84 Å². The Hall–Kier alpha value is -1.94. The molecule has 0 atom stereocenters. The van der Waals surface area contributed by atoms with E-state index in [2.05, 4.69) is 22.3 Å². The Morgan fingerprint density at radius 2 is 2.18 bits per heavy atom. The number of hydrazine groups is 1. The average Bonchev–Trinajstić information content (AvgIpc) is 2.40. The van der Waals surface area contributed by atoms with Crippen LogP contribution in [0.15, 0.2) is 41.5 Å². The highest BCUT2D eigenvalue weighted by Gasteiger charge is 2.06. The summed E-state index contributed by atoms with van der Waals surface area (Å²) in [4.78, 5) is 8.75. The van der Waals surface area contributed by atoms with Gasteiger partial charge in [-0.2, -0.15) is 0 Å². The maximum absolute atomic E-state index is 5.54. The largest absolute Gasteiger partial charge is 0.308 e. The highest BCUT2D eigenvalue weighted by molar-refractivity contribution is 6.08. The lowest BCUT2D eigenvalue weighted by molar-refractivity contribution is 0.908. The quantitative estimate of drug-likeness (QED) is 0.365. The Morgan fingerprint density at radius 3 is 2.94 bits per heavy atom. The van der Waals surface area contributed by atoms with Gasteiger partial charge in [-0.1, -0.05) is 25.1 Å². The van der Waals surface area contributed by atoms with Gasteiger partial charge in [0.25, 0.3) is 0 Å². The topological polar surface area (TPSA) is 63.3 Å². The van der Waals surface area contributed by atoms with Crippen LogP contribution in [-0.2, 0) is 0 Å². The van der Waals surface area contributed by atoms with Crippen LogP contribution in [0.4, 0.5) is 0 Å². The molecular formula is C13H16N4. The molecule has 2 aromatic rings. The molecule has 0 bridgehead atoms. The fraction of sp³-hybridized carbons (Fsp3) is 0.231. The van der Waals surface area contributed by atoms with Crippen molar-refractivity contribution in [1.29, 1.82) is 0 Å². The Bertz CT molecular complexity index is 528. The lowest BCUT2D eigenvalue weighted by Crippen LogP contribution is -2.31. The zero-order valence-corrected chi connectivity index (χ0v) is 9.85. The third-order valence-corrected chi connectivity index (χ3v) is 2.53. The molecule has 17 heavy (non-hydrogen) atoms. The number of hydrogen-bond donors (Lipinski definition) is 2. The molecule has 88 valence electrons. The second kappa shape index (κ2) is 5.41. The van der Waals surface area contributed by atoms with Crippen LogP contribution in [0.1, 0.15) is 18.9 Å². The number of para-hydroxylation sites is 1. The SMILES string of the molecule is CCCN=C(NN)c1ccnc2ccccc12. The lowest BCUT2D eigenvalue weighted by Gasteiger charge is -2.08. The summed E-state index contributed by atoms with van der Waals surface area (Å²) in [6, 6.07) is 9.89. The van der Waals surface area contributed by atoms with E-state index in [-0.39, 0.29) is 0 Å². The highest BCUT2D eigenvalue weighted by Crippen LogP contribution is 2.16. The van der Waals surface area contributed by atoms with Crippen molar-refractivity contribution < 1.29 is 0 Å². The van der Waals surface area contributed by atoms with Crippen molar-refractivity contribution in [2.24, 2.45) is 10.8 Å². The van der Waals surface area contributed by atoms with Gasteiger partial charge in [0.1, 0.15) is 5.84 Å². The summed E-state index contributed by atoms with van der Waals surface area (Å²) in [7, 11) is 0. The molecule has 1 heterocycles. The Labute approximate surface area is 101 Å². The summed E-state index contributed by atoms with van der Waals surface area (Å²) >= 11 is 0. The number of nitrogens with two attached hydrogens (primary N) is 1. The van der Waals surface area contributed by atoms with E-state index in [1.54, 1.807) is 6.20 Å². The number of aromatic nitrogens is 1. The van der Waals surface area contributed by atoms with Crippen LogP contribution in [0.3, 0.4) is 0 Å². The standard InChI is InChI=1S/C13H16N4/c1-2-8-16-13(17-14)11-7-9-15-12-6-4-3-5-10(11)12/h3-7,9H,2,8,14H2,1H3,(H,16,17). The van der Waals surface area contributed by atoms with Crippen LogP contribution in [0.5, 0.6) is 0 Å². The van der Waals surface area contributed by atoms with Crippen molar-refractivity contribution in [3.8, 4) is 0 Å². The minimum Gasteiger partial charge on any atom is -0.308 e. The average molecular weight is 228 g/mol. The summed E-state index contributed by atoms with van der Waals surface area (Å²) < 4.78 is 0. The monoisotopic (exact) mass is 228 g/mol. The molecule has 1 aromatic carbocycles. The van der Waals surface area contributed by atoms with Crippen LogP contribution in [0.25, 0.3) is 10.9 Å². The number of hydrogen-bond acceptors (Lipinski definition) is 3. The van der Waals surface area contributed by atoms with Gasteiger partial charge in [-0.25, -0.2) is 5.84 Å². The predicted octanol–water partition coefficient (Wildman–Crippen LogP) is 1.85. The minimum absolute atomic E-state index is 0.713. The van der Waals surface area contributed by atoms with Crippen LogP contribution in [-0.4, -0.2) is 17.4 Å². The predicted molar refractivity (Wildman–Crippen MR) is 70.8 cm³/mol. The van der Waals surface area contributed by atoms with Crippen molar-refractivity contribution in [3.63, 3.8) is 0 Å². The molecular weight excluding hydrogens is 212 g/mol. The van der Waals surface area contributed by atoms with E-state index in [1.165, 1.54) is 0 Å². The number of benzene rings is 1. The second-order valence-corrected chi connectivity index (χ2v) is 3.75. The van der Waals surface area contributed by atoms with Gasteiger partial charge in [-0.3, -0.25) is 9.98 Å². The smallest absolute Gasteiger partial charge is 0.143 e. The van der Waals surface area contributed by atoms with Gasteiger partial charge in [0, 0.05) is 23.7 Å². The summed E-state index contributed by atoms with van der Waals surface area (Å²) in [6.07, 6.45) is 2.77. The maximum Gasteiger partial charge on any atom is 0.143 e. The van der Waals surface area contributed by atoms with Crippen molar-refractivity contribution >= 4 is 16.7 Å². The van der Waals surface area contributed by atoms with Crippen molar-refractivity contribution in [1.82, 2.24) is 10.4 Å². The van der Waals surface area contributed by atoms with Crippen LogP contribution in [0, 0.1) is 0 Å². The number of nitrogens with zero attached hydrogens (tertiary/aromatic N) is 2. The van der Waals surface area contributed by atoms with Gasteiger partial charge in [0.05, 0.1) is 5.52 Å². The van der Waals surface area contributed by atoms with Crippen LogP contribution < -0.4 is 11.3 Å². The second-order valence-electron chi connectivity index (χ2n) is 3.75. The summed E-state index contributed by atoms with van der Waals surface area (Å²) in [5, 5.41) is 1.06. The van der Waals surface area contributed by atoms with E-state index in [4.69, 9.17) is 5.84 Å². The fourth-order valence-electron chi connectivity index (χ4n) is 1.73. The summed E-state index contributed by atoms with van der Waals surface area (Å²) in [5.74, 6) is 6.25. The molecule has 4 nitrogen and oxygen atoms in total. The third-order valence-electron chi connectivity index (χ3n) is 2.53. The zero-order chi connectivity index (χ0) is 12.1. The van der Waals surface area contributed by atoms with Gasteiger partial charge < -0.3 is 5.43 Å². The first kappa shape index (κ1) is 11.5. The molecule has 0 amide bonds. The van der Waals surface area contributed by atoms with E-state index >= 15 is 0 Å². The first-order valence-corrected chi connectivity index (χ1v) is 5.72. The molecule has 0 aliphatic heterocycles. The zero-order valence-electron chi connectivity index (χ0n) is 9.85. The maximum atomic E-state index is 5.54. The van der Waals surface area contributed by atoms with Gasteiger partial charge in [0.15, 0.2) is 0 Å². The molecule has 0 aliphatic carbocycles. The molecule has 0 fully saturated rings. The first-order valence-electron chi connectivity index (χ1n) is 5.72. The Balaban J connectivity index is 2.53. The molecule has 0 aliphatic rings. The number of fused-ring (bicyclic) bond motifs is 1. The minimum atomic E-state index is 0.713. The molecule has 3 N–H and O–H groups in total. The summed E-state index contributed by atoms with van der Waals surface area (Å²) in [6.45, 7) is 2.85. The van der Waals surface area contributed by atoms with Crippen LogP contribution in [0.2, 0.25) is 0 Å². The van der Waals surface area contributed by atoms with Crippen LogP contribution >= 0.6 is 0 Å². The van der Waals surface area contributed by atoms with E-state index in [0.717, 1.165) is 29.4 Å². The number of rotatable bonds is 3. The number of nitrogens with one attached hydrogen (secondary N) is 1. The normalized spacial score (nSPS) is 11.8. The van der Waals surface area contributed by atoms with E-state index in [9.17, 15) is 0 Å². The highest BCUT2D eigenvalue weighted by atomic mass is 15.2. The molecule has 4 heteroatoms. The molecule has 0 saturated heterocycles. The fourth-order valence-corrected chi connectivity index (χ4v) is 1.73. The Morgan fingerprint density at radius 1 is 1.35 bits per heavy atom. The van der Waals surface area contributed by atoms with Gasteiger partial charge in [-0.15, -0.1) is 0 Å². The Kier molecular flexibility index (Phi) is 3.67. The van der Waals surface area contributed by atoms with Crippen molar-refractivity contribution in [2.45, 2.75) is 13.3 Å². The number of aliphatic imine (C=N–C) groups is 1. The first-order chi connectivity index (χ1) is 8.36. The van der Waals surface area contributed by atoms with Gasteiger partial charge in [0.2, 0.25) is 0 Å². The molecule has 0 unspecified atom stereocenters. The van der Waals surface area contributed by atoms with Crippen molar-refractivity contribution in [2.75, 3.05) is 6.54 Å². The molecule has 0 radical (unpaired) electrons. The number of pyridine rings is 1. The van der Waals surface area contributed by atoms with E-state index in [1.807, 2.05) is 30.3 Å². The van der Waals surface area contributed by atoms with Crippen molar-refractivity contribution in [3.05, 3.63) is 42.1 Å². The molecule has 0 spiro atoms.